The fourth-order valence-corrected chi connectivity index (χ4v) is 5.39. The van der Waals surface area contributed by atoms with Gasteiger partial charge in [-0.15, -0.1) is 0 Å². The fraction of sp³-hybridized carbons (Fsp3) is 0.391. The van der Waals surface area contributed by atoms with Gasteiger partial charge in [0.15, 0.2) is 0 Å². The minimum absolute atomic E-state index is 0.0665. The molecule has 33 heavy (non-hydrogen) atoms. The lowest BCUT2D eigenvalue weighted by molar-refractivity contribution is -0.131. The average molecular weight is 494 g/mol. The standard InChI is InChI=1S/C23H28ClN3O5S/c1-16(22(28)25-14-17-5-3-7-19(24)13-17)26-23(29)18-6-4-12-27(15-18)33(30,31)21-10-8-20(32-2)9-11-21/h3,5,7-11,13,16,18H,4,6,12,14-15H2,1-2H3,(H,25,28)(H,26,29). The summed E-state index contributed by atoms with van der Waals surface area (Å²) in [6.45, 7) is 2.29. The number of nitrogens with one attached hydrogen (secondary N) is 2. The summed E-state index contributed by atoms with van der Waals surface area (Å²) in [5.74, 6) is -0.640. The Morgan fingerprint density at radius 2 is 1.94 bits per heavy atom. The van der Waals surface area contributed by atoms with E-state index in [4.69, 9.17) is 16.3 Å². The van der Waals surface area contributed by atoms with Gasteiger partial charge in [-0.1, -0.05) is 23.7 Å². The molecule has 0 radical (unpaired) electrons. The van der Waals surface area contributed by atoms with Gasteiger partial charge < -0.3 is 15.4 Å². The average Bonchev–Trinajstić information content (AvgIpc) is 2.82. The quantitative estimate of drug-likeness (QED) is 0.588. The molecule has 0 aromatic heterocycles. The van der Waals surface area contributed by atoms with Crippen LogP contribution in [-0.2, 0) is 26.2 Å². The number of carbonyl (C=O) groups is 2. The van der Waals surface area contributed by atoms with Crippen LogP contribution in [0, 0.1) is 5.92 Å². The lowest BCUT2D eigenvalue weighted by atomic mass is 9.98. The summed E-state index contributed by atoms with van der Waals surface area (Å²) in [6, 6.07) is 12.5. The number of benzene rings is 2. The molecule has 0 spiro atoms. The van der Waals surface area contributed by atoms with E-state index in [2.05, 4.69) is 10.6 Å². The molecule has 10 heteroatoms. The van der Waals surface area contributed by atoms with Gasteiger partial charge in [-0.05, 0) is 61.7 Å². The molecule has 3 rings (SSSR count). The number of sulfonamides is 1. The number of hydrogen-bond acceptors (Lipinski definition) is 5. The number of amides is 2. The molecule has 2 amide bonds. The van der Waals surface area contributed by atoms with Gasteiger partial charge in [0.2, 0.25) is 21.8 Å². The summed E-state index contributed by atoms with van der Waals surface area (Å²) >= 11 is 5.95. The molecule has 1 aliphatic rings. The van der Waals surface area contributed by atoms with E-state index in [1.807, 2.05) is 6.07 Å². The summed E-state index contributed by atoms with van der Waals surface area (Å²) in [4.78, 5) is 25.3. The molecule has 1 heterocycles. The van der Waals surface area contributed by atoms with Crippen molar-refractivity contribution in [1.82, 2.24) is 14.9 Å². The lowest BCUT2D eigenvalue weighted by Gasteiger charge is -2.31. The first kappa shape index (κ1) is 25.0. The number of halogens is 1. The van der Waals surface area contributed by atoms with Gasteiger partial charge in [0, 0.05) is 24.7 Å². The van der Waals surface area contributed by atoms with Gasteiger partial charge in [-0.3, -0.25) is 9.59 Å². The van der Waals surface area contributed by atoms with E-state index in [-0.39, 0.29) is 29.8 Å². The van der Waals surface area contributed by atoms with Crippen molar-refractivity contribution >= 4 is 33.4 Å². The minimum atomic E-state index is -3.73. The third-order valence-corrected chi connectivity index (χ3v) is 7.67. The van der Waals surface area contributed by atoms with Crippen molar-refractivity contribution in [3.63, 3.8) is 0 Å². The minimum Gasteiger partial charge on any atom is -0.497 e. The van der Waals surface area contributed by atoms with Crippen molar-refractivity contribution in [1.29, 1.82) is 0 Å². The Morgan fingerprint density at radius 1 is 1.21 bits per heavy atom. The van der Waals surface area contributed by atoms with Crippen molar-refractivity contribution in [3.05, 3.63) is 59.1 Å². The van der Waals surface area contributed by atoms with E-state index in [0.29, 0.717) is 30.2 Å². The molecule has 2 aromatic rings. The third kappa shape index (κ3) is 6.46. The zero-order valence-corrected chi connectivity index (χ0v) is 20.2. The number of ether oxygens (including phenoxy) is 1. The van der Waals surface area contributed by atoms with Gasteiger partial charge in [0.05, 0.1) is 17.9 Å². The molecular weight excluding hydrogens is 466 g/mol. The van der Waals surface area contributed by atoms with Crippen LogP contribution in [0.2, 0.25) is 5.02 Å². The zero-order valence-electron chi connectivity index (χ0n) is 18.6. The largest absolute Gasteiger partial charge is 0.497 e. The Labute approximate surface area is 199 Å². The van der Waals surface area contributed by atoms with Crippen molar-refractivity contribution in [2.75, 3.05) is 20.2 Å². The Hall–Kier alpha value is -2.62. The molecule has 2 aromatic carbocycles. The molecule has 1 saturated heterocycles. The van der Waals surface area contributed by atoms with Crippen molar-refractivity contribution in [3.8, 4) is 5.75 Å². The monoisotopic (exact) mass is 493 g/mol. The normalized spacial score (nSPS) is 17.7. The summed E-state index contributed by atoms with van der Waals surface area (Å²) in [5, 5.41) is 6.06. The number of methoxy groups -OCH3 is 1. The van der Waals surface area contributed by atoms with E-state index in [1.165, 1.54) is 23.5 Å². The highest BCUT2D eigenvalue weighted by Gasteiger charge is 2.34. The molecule has 0 aliphatic carbocycles. The van der Waals surface area contributed by atoms with E-state index in [0.717, 1.165) is 5.56 Å². The second-order valence-corrected chi connectivity index (χ2v) is 10.3. The molecule has 1 aliphatic heterocycles. The second-order valence-electron chi connectivity index (χ2n) is 7.96. The van der Waals surface area contributed by atoms with Crippen molar-refractivity contribution in [2.45, 2.75) is 37.2 Å². The van der Waals surface area contributed by atoms with E-state index in [9.17, 15) is 18.0 Å². The van der Waals surface area contributed by atoms with Gasteiger partial charge in [0.1, 0.15) is 11.8 Å². The first-order valence-corrected chi connectivity index (χ1v) is 12.5. The first-order valence-electron chi connectivity index (χ1n) is 10.7. The van der Waals surface area contributed by atoms with Crippen LogP contribution in [0.15, 0.2) is 53.4 Å². The number of hydrogen-bond donors (Lipinski definition) is 2. The molecule has 1 fully saturated rings. The molecule has 0 saturated carbocycles. The molecule has 2 atom stereocenters. The Morgan fingerprint density at radius 3 is 2.61 bits per heavy atom. The van der Waals surface area contributed by atoms with Gasteiger partial charge >= 0.3 is 0 Å². The number of carbonyl (C=O) groups excluding carboxylic acids is 2. The summed E-state index contributed by atoms with van der Waals surface area (Å²) in [7, 11) is -2.22. The Kier molecular flexibility index (Phi) is 8.34. The van der Waals surface area contributed by atoms with Crippen molar-refractivity contribution in [2.24, 2.45) is 5.92 Å². The van der Waals surface area contributed by atoms with Gasteiger partial charge in [-0.2, -0.15) is 4.31 Å². The van der Waals surface area contributed by atoms with Crippen LogP contribution in [0.25, 0.3) is 0 Å². The highest BCUT2D eigenvalue weighted by molar-refractivity contribution is 7.89. The van der Waals surface area contributed by atoms with E-state index in [1.54, 1.807) is 37.3 Å². The maximum atomic E-state index is 13.0. The summed E-state index contributed by atoms with van der Waals surface area (Å²) < 4.78 is 32.4. The Bertz CT molecular complexity index is 1090. The maximum absolute atomic E-state index is 13.0. The molecule has 2 unspecified atom stereocenters. The smallest absolute Gasteiger partial charge is 0.243 e. The van der Waals surface area contributed by atoms with Crippen LogP contribution >= 0.6 is 11.6 Å². The van der Waals surface area contributed by atoms with E-state index >= 15 is 0 Å². The maximum Gasteiger partial charge on any atom is 0.243 e. The summed E-state index contributed by atoms with van der Waals surface area (Å²) in [6.07, 6.45) is 1.11. The highest BCUT2D eigenvalue weighted by Crippen LogP contribution is 2.25. The van der Waals surface area contributed by atoms with Gasteiger partial charge in [-0.25, -0.2) is 8.42 Å². The van der Waals surface area contributed by atoms with Crippen LogP contribution in [-0.4, -0.2) is 50.8 Å². The molecule has 178 valence electrons. The van der Waals surface area contributed by atoms with Crippen LogP contribution in [0.1, 0.15) is 25.3 Å². The first-order chi connectivity index (χ1) is 15.7. The topological polar surface area (TPSA) is 105 Å². The second kappa shape index (κ2) is 11.0. The number of nitrogens with zero attached hydrogens (tertiary/aromatic N) is 1. The fourth-order valence-electron chi connectivity index (χ4n) is 3.66. The molecule has 2 N–H and O–H groups in total. The van der Waals surface area contributed by atoms with Gasteiger partial charge in [0.25, 0.3) is 0 Å². The predicted octanol–water partition coefficient (Wildman–Crippen LogP) is 2.57. The highest BCUT2D eigenvalue weighted by atomic mass is 35.5. The molecule has 8 nitrogen and oxygen atoms in total. The van der Waals surface area contributed by atoms with Crippen molar-refractivity contribution < 1.29 is 22.7 Å². The zero-order chi connectivity index (χ0) is 24.0. The summed E-state index contributed by atoms with van der Waals surface area (Å²) in [5.41, 5.74) is 0.848. The number of rotatable bonds is 8. The van der Waals surface area contributed by atoms with E-state index < -0.39 is 22.0 Å². The van der Waals surface area contributed by atoms with Crippen LogP contribution in [0.4, 0.5) is 0 Å². The SMILES string of the molecule is COc1ccc(S(=O)(=O)N2CCCC(C(=O)NC(C)C(=O)NCc3cccc(Cl)c3)C2)cc1. The van der Waals surface area contributed by atoms with Crippen LogP contribution < -0.4 is 15.4 Å². The third-order valence-electron chi connectivity index (χ3n) is 5.56. The molecule has 0 bridgehead atoms. The Balaban J connectivity index is 1.56. The predicted molar refractivity (Wildman–Crippen MR) is 125 cm³/mol. The van der Waals surface area contributed by atoms with Crippen LogP contribution in [0.5, 0.6) is 5.75 Å². The molecular formula is C23H28ClN3O5S. The number of piperidine rings is 1. The van der Waals surface area contributed by atoms with Crippen LogP contribution in [0.3, 0.4) is 0 Å². The lowest BCUT2D eigenvalue weighted by Crippen LogP contribution is -2.50.